The summed E-state index contributed by atoms with van der Waals surface area (Å²) in [4.78, 5) is -0.165. The first-order valence-corrected chi connectivity index (χ1v) is 12.4. The lowest BCUT2D eigenvalue weighted by atomic mass is 10.1. The molecule has 0 spiro atoms. The van der Waals surface area contributed by atoms with Crippen molar-refractivity contribution in [2.24, 2.45) is 0 Å². The van der Waals surface area contributed by atoms with E-state index < -0.39 is 43.4 Å². The normalized spacial score (nSPS) is 18.6. The van der Waals surface area contributed by atoms with Gasteiger partial charge in [0, 0.05) is 24.2 Å². The van der Waals surface area contributed by atoms with Crippen LogP contribution in [-0.2, 0) is 20.0 Å². The van der Waals surface area contributed by atoms with Crippen LogP contribution in [-0.4, -0.2) is 46.5 Å². The van der Waals surface area contributed by atoms with Crippen molar-refractivity contribution in [2.75, 3.05) is 23.7 Å². The maximum atomic E-state index is 14.6. The van der Waals surface area contributed by atoms with Crippen LogP contribution in [0.4, 0.5) is 14.5 Å². The Balaban J connectivity index is 2.14. The molecule has 0 aromatic heterocycles. The molecule has 1 atom stereocenters. The molecule has 0 bridgehead atoms. The third-order valence-electron chi connectivity index (χ3n) is 4.68. The van der Waals surface area contributed by atoms with E-state index in [4.69, 9.17) is 11.6 Å². The number of hydrogen-bond donors (Lipinski definition) is 0. The highest BCUT2D eigenvalue weighted by Crippen LogP contribution is 2.33. The number of sulfonamides is 2. The Kier molecular flexibility index (Phi) is 6.19. The molecule has 6 nitrogen and oxygen atoms in total. The van der Waals surface area contributed by atoms with Crippen molar-refractivity contribution in [3.8, 4) is 0 Å². The van der Waals surface area contributed by atoms with Gasteiger partial charge in [0.05, 0.1) is 22.9 Å². The van der Waals surface area contributed by atoms with Gasteiger partial charge in [0.1, 0.15) is 11.6 Å². The molecule has 0 aliphatic carbocycles. The lowest BCUT2D eigenvalue weighted by Gasteiger charge is -2.38. The number of hydrogen-bond acceptors (Lipinski definition) is 4. The van der Waals surface area contributed by atoms with Crippen LogP contribution < -0.4 is 4.31 Å². The van der Waals surface area contributed by atoms with Crippen molar-refractivity contribution in [1.82, 2.24) is 4.31 Å². The number of piperidine rings is 1. The molecular weight excluding hydrogens is 446 g/mol. The van der Waals surface area contributed by atoms with Crippen LogP contribution in [0.15, 0.2) is 47.4 Å². The number of rotatable bonds is 5. The molecule has 0 N–H and O–H groups in total. The van der Waals surface area contributed by atoms with Crippen LogP contribution in [0.25, 0.3) is 0 Å². The molecule has 1 saturated heterocycles. The van der Waals surface area contributed by atoms with Gasteiger partial charge in [-0.15, -0.1) is 0 Å². The third kappa shape index (κ3) is 4.71. The monoisotopic (exact) mass is 464 g/mol. The van der Waals surface area contributed by atoms with Crippen LogP contribution in [0.1, 0.15) is 12.8 Å². The van der Waals surface area contributed by atoms with Gasteiger partial charge >= 0.3 is 0 Å². The number of benzene rings is 2. The van der Waals surface area contributed by atoms with Crippen molar-refractivity contribution in [3.05, 3.63) is 59.1 Å². The lowest BCUT2D eigenvalue weighted by Crippen LogP contribution is -2.52. The van der Waals surface area contributed by atoms with E-state index in [1.807, 2.05) is 0 Å². The highest BCUT2D eigenvalue weighted by molar-refractivity contribution is 7.93. The minimum absolute atomic E-state index is 0.165. The van der Waals surface area contributed by atoms with Crippen molar-refractivity contribution in [2.45, 2.75) is 23.8 Å². The summed E-state index contributed by atoms with van der Waals surface area (Å²) >= 11 is 5.83. The largest absolute Gasteiger partial charge is 0.264 e. The predicted molar refractivity (Wildman–Crippen MR) is 107 cm³/mol. The molecule has 1 fully saturated rings. The average molecular weight is 465 g/mol. The highest BCUT2D eigenvalue weighted by Gasteiger charge is 2.38. The van der Waals surface area contributed by atoms with E-state index in [0.29, 0.717) is 11.4 Å². The van der Waals surface area contributed by atoms with Gasteiger partial charge in [-0.05, 0) is 49.2 Å². The quantitative estimate of drug-likeness (QED) is 0.680. The number of anilines is 1. The molecule has 1 unspecified atom stereocenters. The Hall–Kier alpha value is -1.75. The van der Waals surface area contributed by atoms with Crippen molar-refractivity contribution in [1.29, 1.82) is 0 Å². The maximum Gasteiger partial charge on any atom is 0.264 e. The molecule has 11 heteroatoms. The first-order chi connectivity index (χ1) is 13.5. The van der Waals surface area contributed by atoms with E-state index >= 15 is 0 Å². The fourth-order valence-electron chi connectivity index (χ4n) is 3.31. The molecule has 0 radical (unpaired) electrons. The van der Waals surface area contributed by atoms with Gasteiger partial charge in [-0.3, -0.25) is 4.31 Å². The topological polar surface area (TPSA) is 74.8 Å². The van der Waals surface area contributed by atoms with Crippen molar-refractivity contribution >= 4 is 37.3 Å². The van der Waals surface area contributed by atoms with E-state index in [9.17, 15) is 25.6 Å². The smallest absolute Gasteiger partial charge is 0.259 e. The van der Waals surface area contributed by atoms with Gasteiger partial charge in [-0.25, -0.2) is 29.9 Å². The maximum absolute atomic E-state index is 14.6. The average Bonchev–Trinajstić information content (AvgIpc) is 2.64. The summed E-state index contributed by atoms with van der Waals surface area (Å²) in [5.41, 5.74) is -0.472. The van der Waals surface area contributed by atoms with Crippen LogP contribution in [0, 0.1) is 11.6 Å². The number of nitrogens with zero attached hydrogens (tertiary/aromatic N) is 2. The molecule has 29 heavy (non-hydrogen) atoms. The van der Waals surface area contributed by atoms with E-state index in [-0.39, 0.29) is 24.4 Å². The van der Waals surface area contributed by atoms with E-state index in [2.05, 4.69) is 0 Å². The minimum atomic E-state index is -4.33. The molecular formula is C18H19ClF2N2O4S2. The molecule has 3 rings (SSSR count). The Labute approximate surface area is 173 Å². The van der Waals surface area contributed by atoms with Crippen LogP contribution in [0.3, 0.4) is 0 Å². The second-order valence-corrected chi connectivity index (χ2v) is 11.0. The standard InChI is InChI=1S/C18H19ClF2N2O4S2/c1-28(24,25)22-10-2-3-15(12-22)23(18-11-14(20)6-9-17(18)21)29(26,27)16-7-4-13(19)5-8-16/h4-9,11,15H,2-3,10,12H2,1H3. The fourth-order valence-corrected chi connectivity index (χ4v) is 6.01. The summed E-state index contributed by atoms with van der Waals surface area (Å²) in [6, 6.07) is 6.88. The Morgan fingerprint density at radius 2 is 1.72 bits per heavy atom. The summed E-state index contributed by atoms with van der Waals surface area (Å²) in [7, 11) is -7.91. The Morgan fingerprint density at radius 1 is 1.07 bits per heavy atom. The molecule has 2 aromatic carbocycles. The summed E-state index contributed by atoms with van der Waals surface area (Å²) < 4.78 is 81.1. The third-order valence-corrected chi connectivity index (χ3v) is 8.08. The van der Waals surface area contributed by atoms with E-state index in [0.717, 1.165) is 33.1 Å². The highest BCUT2D eigenvalue weighted by atomic mass is 35.5. The van der Waals surface area contributed by atoms with Crippen molar-refractivity contribution in [3.63, 3.8) is 0 Å². The van der Waals surface area contributed by atoms with Crippen LogP contribution in [0.5, 0.6) is 0 Å². The second kappa shape index (κ2) is 8.17. The summed E-state index contributed by atoms with van der Waals surface area (Å²) in [6.07, 6.45) is 1.69. The first-order valence-electron chi connectivity index (χ1n) is 8.70. The Bertz CT molecular complexity index is 1110. The van der Waals surface area contributed by atoms with Gasteiger partial charge in [0.2, 0.25) is 10.0 Å². The molecule has 1 aliphatic rings. The van der Waals surface area contributed by atoms with Crippen LogP contribution in [0.2, 0.25) is 5.02 Å². The zero-order valence-electron chi connectivity index (χ0n) is 15.4. The number of halogens is 3. The predicted octanol–water partition coefficient (Wildman–Crippen LogP) is 3.24. The zero-order valence-corrected chi connectivity index (χ0v) is 17.8. The summed E-state index contributed by atoms with van der Waals surface area (Å²) in [6.45, 7) is 0.0669. The van der Waals surface area contributed by atoms with Gasteiger partial charge in [0.15, 0.2) is 0 Å². The van der Waals surface area contributed by atoms with Gasteiger partial charge in [-0.1, -0.05) is 11.6 Å². The molecule has 158 valence electrons. The van der Waals surface area contributed by atoms with Crippen LogP contribution >= 0.6 is 11.6 Å². The van der Waals surface area contributed by atoms with E-state index in [1.54, 1.807) is 0 Å². The van der Waals surface area contributed by atoms with Gasteiger partial charge in [0.25, 0.3) is 10.0 Å². The lowest BCUT2D eigenvalue weighted by molar-refractivity contribution is 0.318. The summed E-state index contributed by atoms with van der Waals surface area (Å²) in [5.74, 6) is -1.74. The molecule has 1 heterocycles. The summed E-state index contributed by atoms with van der Waals surface area (Å²) in [5, 5.41) is 0.313. The molecule has 1 aliphatic heterocycles. The zero-order chi connectivity index (χ0) is 21.4. The van der Waals surface area contributed by atoms with E-state index in [1.165, 1.54) is 24.3 Å². The Morgan fingerprint density at radius 3 is 2.34 bits per heavy atom. The first kappa shape index (κ1) is 21.9. The fraction of sp³-hybridized carbons (Fsp3) is 0.333. The molecule has 0 saturated carbocycles. The molecule has 2 aromatic rings. The minimum Gasteiger partial charge on any atom is -0.259 e. The molecule has 0 amide bonds. The SMILES string of the molecule is CS(=O)(=O)N1CCCC(N(c2cc(F)ccc2F)S(=O)(=O)c2ccc(Cl)cc2)C1. The van der Waals surface area contributed by atoms with Crippen molar-refractivity contribution < 1.29 is 25.6 Å². The van der Waals surface area contributed by atoms with Gasteiger partial charge < -0.3 is 0 Å². The van der Waals surface area contributed by atoms with Gasteiger partial charge in [-0.2, -0.15) is 0 Å². The second-order valence-electron chi connectivity index (χ2n) is 6.77.